The van der Waals surface area contributed by atoms with Crippen molar-refractivity contribution < 1.29 is 23.8 Å². The zero-order valence-electron chi connectivity index (χ0n) is 16.2. The maximum atomic E-state index is 12.5. The molecule has 0 radical (unpaired) electrons. The summed E-state index contributed by atoms with van der Waals surface area (Å²) in [5, 5.41) is 0. The Morgan fingerprint density at radius 2 is 1.63 bits per heavy atom. The van der Waals surface area contributed by atoms with Crippen molar-refractivity contribution in [3.8, 4) is 11.5 Å². The third kappa shape index (κ3) is 4.13. The lowest BCUT2D eigenvalue weighted by Crippen LogP contribution is -2.18. The predicted octanol–water partition coefficient (Wildman–Crippen LogP) is 3.66. The maximum absolute atomic E-state index is 12.5. The Bertz CT molecular complexity index is 898. The van der Waals surface area contributed by atoms with Gasteiger partial charge in [0.15, 0.2) is 18.1 Å². The van der Waals surface area contributed by atoms with E-state index in [0.717, 1.165) is 22.3 Å². The molecular weight excluding hydrogens is 344 g/mol. The highest BCUT2D eigenvalue weighted by atomic mass is 16.6. The monoisotopic (exact) mass is 368 g/mol. The highest BCUT2D eigenvalue weighted by molar-refractivity contribution is 5.99. The summed E-state index contributed by atoms with van der Waals surface area (Å²) < 4.78 is 16.2. The van der Waals surface area contributed by atoms with Gasteiger partial charge in [-0.2, -0.15) is 0 Å². The first-order chi connectivity index (χ1) is 12.9. The first-order valence-corrected chi connectivity index (χ1v) is 9.01. The summed E-state index contributed by atoms with van der Waals surface area (Å²) in [6.07, 6.45) is 0.0782. The zero-order chi connectivity index (χ0) is 19.6. The average molecular weight is 368 g/mol. The molecule has 2 aromatic rings. The number of ketones is 1. The van der Waals surface area contributed by atoms with Crippen LogP contribution in [0.2, 0.25) is 0 Å². The van der Waals surface area contributed by atoms with Crippen LogP contribution in [0.3, 0.4) is 0 Å². The third-order valence-electron chi connectivity index (χ3n) is 5.10. The quantitative estimate of drug-likeness (QED) is 0.595. The van der Waals surface area contributed by atoms with Crippen LogP contribution in [0.5, 0.6) is 11.5 Å². The number of aryl methyl sites for hydroxylation is 1. The van der Waals surface area contributed by atoms with Crippen LogP contribution in [0.15, 0.2) is 24.3 Å². The first kappa shape index (κ1) is 19.0. The lowest BCUT2D eigenvalue weighted by Gasteiger charge is -2.18. The molecule has 0 fully saturated rings. The molecule has 5 nitrogen and oxygen atoms in total. The highest BCUT2D eigenvalue weighted by Gasteiger charge is 2.17. The van der Waals surface area contributed by atoms with Crippen molar-refractivity contribution in [2.45, 2.75) is 34.1 Å². The minimum Gasteiger partial charge on any atom is -0.486 e. The van der Waals surface area contributed by atoms with Gasteiger partial charge in [-0.25, -0.2) is 0 Å². The molecular formula is C22H24O5. The van der Waals surface area contributed by atoms with Gasteiger partial charge < -0.3 is 14.2 Å². The molecule has 0 unspecified atom stereocenters. The normalized spacial score (nSPS) is 12.6. The van der Waals surface area contributed by atoms with Gasteiger partial charge in [0.1, 0.15) is 13.2 Å². The van der Waals surface area contributed by atoms with Crippen LogP contribution in [0.25, 0.3) is 0 Å². The van der Waals surface area contributed by atoms with Gasteiger partial charge in [-0.05, 0) is 73.7 Å². The van der Waals surface area contributed by atoms with Gasteiger partial charge in [-0.1, -0.05) is 6.07 Å². The number of Topliss-reactive ketones (excluding diaryl/α,β-unsaturated/α-hetero) is 1. The molecule has 0 saturated carbocycles. The van der Waals surface area contributed by atoms with Gasteiger partial charge in [0.2, 0.25) is 5.78 Å². The number of benzene rings is 2. The Morgan fingerprint density at radius 3 is 2.37 bits per heavy atom. The number of hydrogen-bond donors (Lipinski definition) is 0. The summed E-state index contributed by atoms with van der Waals surface area (Å²) in [7, 11) is 0. The fourth-order valence-corrected chi connectivity index (χ4v) is 3.14. The summed E-state index contributed by atoms with van der Waals surface area (Å²) in [5.74, 6) is 0.672. The lowest BCUT2D eigenvalue weighted by molar-refractivity contribution is -0.141. The standard InChI is InChI=1S/C22H24O5/c1-13-9-18(16(4)15(3)14(13)2)19(23)12-27-22(24)11-17-5-6-20-21(10-17)26-8-7-25-20/h5-6,9-10H,7-8,11-12H2,1-4H3. The van der Waals surface area contributed by atoms with E-state index in [-0.39, 0.29) is 18.8 Å². The van der Waals surface area contributed by atoms with E-state index in [0.29, 0.717) is 30.3 Å². The second-order valence-corrected chi connectivity index (χ2v) is 6.85. The van der Waals surface area contributed by atoms with E-state index in [1.54, 1.807) is 18.2 Å². The fraction of sp³-hybridized carbons (Fsp3) is 0.364. The molecule has 142 valence electrons. The van der Waals surface area contributed by atoms with Gasteiger partial charge in [-0.15, -0.1) is 0 Å². The molecule has 2 aromatic carbocycles. The second kappa shape index (κ2) is 7.82. The number of esters is 1. The molecule has 0 aromatic heterocycles. The molecule has 5 heteroatoms. The number of carbonyl (C=O) groups is 2. The van der Waals surface area contributed by atoms with E-state index in [9.17, 15) is 9.59 Å². The molecule has 0 saturated heterocycles. The smallest absolute Gasteiger partial charge is 0.310 e. The molecule has 0 N–H and O–H groups in total. The Hall–Kier alpha value is -2.82. The van der Waals surface area contributed by atoms with Crippen molar-refractivity contribution in [2.24, 2.45) is 0 Å². The topological polar surface area (TPSA) is 61.8 Å². The summed E-state index contributed by atoms with van der Waals surface area (Å²) >= 11 is 0. The van der Waals surface area contributed by atoms with E-state index in [4.69, 9.17) is 14.2 Å². The van der Waals surface area contributed by atoms with Crippen molar-refractivity contribution in [3.63, 3.8) is 0 Å². The molecule has 0 amide bonds. The van der Waals surface area contributed by atoms with Crippen molar-refractivity contribution in [1.29, 1.82) is 0 Å². The van der Waals surface area contributed by atoms with Crippen molar-refractivity contribution in [1.82, 2.24) is 0 Å². The average Bonchev–Trinajstić information content (AvgIpc) is 2.67. The van der Waals surface area contributed by atoms with Crippen molar-refractivity contribution in [2.75, 3.05) is 19.8 Å². The van der Waals surface area contributed by atoms with Crippen LogP contribution < -0.4 is 9.47 Å². The van der Waals surface area contributed by atoms with Gasteiger partial charge >= 0.3 is 5.97 Å². The minimum atomic E-state index is -0.446. The van der Waals surface area contributed by atoms with Gasteiger partial charge in [-0.3, -0.25) is 9.59 Å². The fourth-order valence-electron chi connectivity index (χ4n) is 3.14. The summed E-state index contributed by atoms with van der Waals surface area (Å²) in [4.78, 5) is 24.7. The van der Waals surface area contributed by atoms with Crippen LogP contribution in [-0.2, 0) is 16.0 Å². The Balaban J connectivity index is 1.62. The number of ether oxygens (including phenoxy) is 3. The number of fused-ring (bicyclic) bond motifs is 1. The number of carbonyl (C=O) groups excluding carboxylic acids is 2. The molecule has 0 aliphatic carbocycles. The van der Waals surface area contributed by atoms with Gasteiger partial charge in [0.25, 0.3) is 0 Å². The zero-order valence-corrected chi connectivity index (χ0v) is 16.2. The highest BCUT2D eigenvalue weighted by Crippen LogP contribution is 2.31. The van der Waals surface area contributed by atoms with Crippen molar-refractivity contribution in [3.05, 3.63) is 57.6 Å². The number of rotatable bonds is 5. The van der Waals surface area contributed by atoms with Crippen LogP contribution in [0.4, 0.5) is 0 Å². The van der Waals surface area contributed by atoms with Gasteiger partial charge in [0, 0.05) is 5.56 Å². The largest absolute Gasteiger partial charge is 0.486 e. The molecule has 1 aliphatic rings. The summed E-state index contributed by atoms with van der Waals surface area (Å²) in [5.41, 5.74) is 5.65. The Labute approximate surface area is 159 Å². The van der Waals surface area contributed by atoms with Gasteiger partial charge in [0.05, 0.1) is 6.42 Å². The van der Waals surface area contributed by atoms with Crippen molar-refractivity contribution >= 4 is 11.8 Å². The third-order valence-corrected chi connectivity index (χ3v) is 5.10. The maximum Gasteiger partial charge on any atom is 0.310 e. The van der Waals surface area contributed by atoms with Crippen LogP contribution in [0, 0.1) is 27.7 Å². The molecule has 0 bridgehead atoms. The van der Waals surface area contributed by atoms with E-state index in [1.807, 2.05) is 33.8 Å². The molecule has 0 spiro atoms. The summed E-state index contributed by atoms with van der Waals surface area (Å²) in [6, 6.07) is 7.22. The molecule has 3 rings (SSSR count). The van der Waals surface area contributed by atoms with E-state index < -0.39 is 5.97 Å². The van der Waals surface area contributed by atoms with E-state index in [1.165, 1.54) is 5.56 Å². The Kier molecular flexibility index (Phi) is 5.49. The minimum absolute atomic E-state index is 0.0782. The Morgan fingerprint density at radius 1 is 0.926 bits per heavy atom. The van der Waals surface area contributed by atoms with E-state index in [2.05, 4.69) is 0 Å². The first-order valence-electron chi connectivity index (χ1n) is 9.01. The molecule has 0 atom stereocenters. The van der Waals surface area contributed by atoms with Crippen LogP contribution in [-0.4, -0.2) is 31.6 Å². The summed E-state index contributed by atoms with van der Waals surface area (Å²) in [6.45, 7) is 8.70. The van der Waals surface area contributed by atoms with Crippen LogP contribution >= 0.6 is 0 Å². The van der Waals surface area contributed by atoms with Crippen LogP contribution in [0.1, 0.15) is 38.2 Å². The molecule has 27 heavy (non-hydrogen) atoms. The lowest BCUT2D eigenvalue weighted by atomic mass is 9.93. The molecule has 1 aliphatic heterocycles. The molecule has 1 heterocycles. The number of hydrogen-bond acceptors (Lipinski definition) is 5. The van der Waals surface area contributed by atoms with E-state index >= 15 is 0 Å². The predicted molar refractivity (Wildman–Crippen MR) is 102 cm³/mol. The SMILES string of the molecule is Cc1cc(C(=O)COC(=O)Cc2ccc3c(c2)OCCO3)c(C)c(C)c1C. The second-order valence-electron chi connectivity index (χ2n) is 6.85.